The minimum absolute atomic E-state index is 0.105. The van der Waals surface area contributed by atoms with Gasteiger partial charge in [0.2, 0.25) is 21.1 Å². The van der Waals surface area contributed by atoms with E-state index in [0.717, 1.165) is 10.1 Å². The van der Waals surface area contributed by atoms with Gasteiger partial charge in [-0.15, -0.1) is 10.2 Å². The molecule has 1 saturated heterocycles. The number of carbonyl (C=O) groups excluding carboxylic acids is 1. The van der Waals surface area contributed by atoms with Crippen LogP contribution in [-0.4, -0.2) is 47.7 Å². The Hall–Kier alpha value is -1.20. The number of thioether (sulfide) groups is 1. The summed E-state index contributed by atoms with van der Waals surface area (Å²) in [6.45, 7) is 2.62. The number of anilines is 1. The van der Waals surface area contributed by atoms with E-state index in [1.807, 2.05) is 6.92 Å². The maximum Gasteiger partial charge on any atom is 0.230 e. The molecule has 2 heterocycles. The number of rotatable bonds is 7. The molecular weight excluding hydrogens is 440 g/mol. The van der Waals surface area contributed by atoms with Crippen molar-refractivity contribution in [1.82, 2.24) is 14.5 Å². The third-order valence-corrected chi connectivity index (χ3v) is 8.24. The lowest BCUT2D eigenvalue weighted by Crippen LogP contribution is -2.44. The van der Waals surface area contributed by atoms with Crippen molar-refractivity contribution in [3.8, 4) is 0 Å². The first-order valence-electron chi connectivity index (χ1n) is 8.87. The van der Waals surface area contributed by atoms with Crippen molar-refractivity contribution in [2.75, 3.05) is 24.2 Å². The lowest BCUT2D eigenvalue weighted by atomic mass is 9.99. The molecule has 2 aromatic rings. The average Bonchev–Trinajstić information content (AvgIpc) is 3.11. The summed E-state index contributed by atoms with van der Waals surface area (Å²) in [5, 5.41) is 11.8. The van der Waals surface area contributed by atoms with Crippen LogP contribution in [0.25, 0.3) is 0 Å². The van der Waals surface area contributed by atoms with Crippen LogP contribution in [0.2, 0.25) is 5.02 Å². The number of amides is 1. The number of piperidine rings is 1. The number of nitrogens with zero attached hydrogens (tertiary/aromatic N) is 3. The van der Waals surface area contributed by atoms with Crippen LogP contribution in [0.1, 0.15) is 25.3 Å². The van der Waals surface area contributed by atoms with Crippen molar-refractivity contribution >= 4 is 55.8 Å². The van der Waals surface area contributed by atoms with E-state index in [-0.39, 0.29) is 18.2 Å². The van der Waals surface area contributed by atoms with Crippen molar-refractivity contribution in [3.05, 3.63) is 34.9 Å². The summed E-state index contributed by atoms with van der Waals surface area (Å²) in [5.41, 5.74) is 0.672. The van der Waals surface area contributed by atoms with E-state index in [2.05, 4.69) is 15.5 Å². The Morgan fingerprint density at radius 2 is 2.11 bits per heavy atom. The van der Waals surface area contributed by atoms with Gasteiger partial charge in [-0.25, -0.2) is 12.7 Å². The second-order valence-electron chi connectivity index (χ2n) is 6.38. The van der Waals surface area contributed by atoms with Gasteiger partial charge in [0.05, 0.1) is 11.7 Å². The van der Waals surface area contributed by atoms with Gasteiger partial charge in [-0.2, -0.15) is 0 Å². The van der Waals surface area contributed by atoms with Crippen LogP contribution in [0, 0.1) is 5.92 Å². The zero-order valence-corrected chi connectivity index (χ0v) is 18.5. The Balaban J connectivity index is 1.61. The molecule has 0 unspecified atom stereocenters. The van der Waals surface area contributed by atoms with Crippen LogP contribution in [0.5, 0.6) is 0 Å². The summed E-state index contributed by atoms with van der Waals surface area (Å²) in [5.74, 6) is 0.161. The Bertz CT molecular complexity index is 918. The number of hydrogen-bond donors (Lipinski definition) is 1. The first-order chi connectivity index (χ1) is 13.4. The third kappa shape index (κ3) is 5.66. The maximum atomic E-state index is 12.8. The van der Waals surface area contributed by atoms with E-state index in [1.165, 1.54) is 15.6 Å². The number of sulfonamides is 1. The smallest absolute Gasteiger partial charge is 0.230 e. The molecule has 1 atom stereocenters. The molecule has 1 amide bonds. The molecule has 152 valence electrons. The molecule has 1 aliphatic heterocycles. The Labute approximate surface area is 177 Å². The van der Waals surface area contributed by atoms with Crippen LogP contribution in [-0.2, 0) is 20.6 Å². The molecule has 0 spiro atoms. The fraction of sp³-hybridized carbons (Fsp3) is 0.471. The van der Waals surface area contributed by atoms with Gasteiger partial charge in [0, 0.05) is 18.1 Å². The van der Waals surface area contributed by atoms with Gasteiger partial charge in [0.1, 0.15) is 0 Å². The van der Waals surface area contributed by atoms with Crippen LogP contribution in [0.4, 0.5) is 5.13 Å². The first-order valence-corrected chi connectivity index (χ1v) is 12.7. The Morgan fingerprint density at radius 1 is 1.36 bits per heavy atom. The molecule has 0 aliphatic carbocycles. The zero-order chi connectivity index (χ0) is 20.1. The molecule has 3 rings (SSSR count). The van der Waals surface area contributed by atoms with E-state index in [9.17, 15) is 13.2 Å². The van der Waals surface area contributed by atoms with Crippen LogP contribution in [0.3, 0.4) is 0 Å². The summed E-state index contributed by atoms with van der Waals surface area (Å²) >= 11 is 8.74. The number of hydrogen-bond acceptors (Lipinski definition) is 7. The highest BCUT2D eigenvalue weighted by atomic mass is 35.5. The predicted molar refractivity (Wildman–Crippen MR) is 113 cm³/mol. The Morgan fingerprint density at radius 3 is 2.82 bits per heavy atom. The molecular formula is C17H21ClN4O3S3. The fourth-order valence-corrected chi connectivity index (χ4v) is 6.33. The molecule has 0 saturated carbocycles. The number of halogens is 1. The fourth-order valence-electron chi connectivity index (χ4n) is 2.94. The van der Waals surface area contributed by atoms with E-state index < -0.39 is 15.9 Å². The van der Waals surface area contributed by atoms with Crippen molar-refractivity contribution in [2.24, 2.45) is 5.92 Å². The molecule has 1 aromatic carbocycles. The average molecular weight is 461 g/mol. The minimum atomic E-state index is -3.51. The molecule has 0 radical (unpaired) electrons. The SMILES string of the molecule is CCSc1nnc(NC(=O)[C@H]2CCCN(S(=O)(=O)Cc3ccc(Cl)cc3)C2)s1. The molecule has 11 heteroatoms. The van der Waals surface area contributed by atoms with Gasteiger partial charge in [0.15, 0.2) is 4.34 Å². The van der Waals surface area contributed by atoms with Gasteiger partial charge < -0.3 is 5.32 Å². The first kappa shape index (κ1) is 21.5. The molecule has 1 aromatic heterocycles. The van der Waals surface area contributed by atoms with E-state index in [1.54, 1.807) is 36.0 Å². The second-order valence-corrected chi connectivity index (χ2v) is 11.3. The van der Waals surface area contributed by atoms with Crippen molar-refractivity contribution in [3.63, 3.8) is 0 Å². The van der Waals surface area contributed by atoms with Crippen molar-refractivity contribution in [1.29, 1.82) is 0 Å². The normalized spacial score (nSPS) is 18.1. The van der Waals surface area contributed by atoms with Gasteiger partial charge in [-0.1, -0.05) is 53.8 Å². The summed E-state index contributed by atoms with van der Waals surface area (Å²) in [4.78, 5) is 12.6. The van der Waals surface area contributed by atoms with E-state index >= 15 is 0 Å². The predicted octanol–water partition coefficient (Wildman–Crippen LogP) is 3.48. The van der Waals surface area contributed by atoms with Crippen LogP contribution < -0.4 is 5.32 Å². The van der Waals surface area contributed by atoms with Gasteiger partial charge >= 0.3 is 0 Å². The number of benzene rings is 1. The maximum absolute atomic E-state index is 12.8. The standard InChI is InChI=1S/C17H21ClN4O3S3/c1-2-26-17-21-20-16(27-17)19-15(23)13-4-3-9-22(10-13)28(24,25)11-12-5-7-14(18)8-6-12/h5-8,13H,2-4,9-11H2,1H3,(H,19,20,23)/t13-/m0/s1. The largest absolute Gasteiger partial charge is 0.300 e. The molecule has 1 fully saturated rings. The zero-order valence-electron chi connectivity index (χ0n) is 15.3. The highest BCUT2D eigenvalue weighted by Crippen LogP contribution is 2.27. The quantitative estimate of drug-likeness (QED) is 0.502. The van der Waals surface area contributed by atoms with E-state index in [4.69, 9.17) is 11.6 Å². The van der Waals surface area contributed by atoms with Gasteiger partial charge in [-0.05, 0) is 36.3 Å². The summed E-state index contributed by atoms with van der Waals surface area (Å²) in [6, 6.07) is 6.75. The summed E-state index contributed by atoms with van der Waals surface area (Å²) < 4.78 is 27.8. The van der Waals surface area contributed by atoms with Crippen LogP contribution >= 0.6 is 34.7 Å². The highest BCUT2D eigenvalue weighted by molar-refractivity contribution is 8.01. The topological polar surface area (TPSA) is 92.3 Å². The minimum Gasteiger partial charge on any atom is -0.300 e. The van der Waals surface area contributed by atoms with Crippen molar-refractivity contribution in [2.45, 2.75) is 29.9 Å². The van der Waals surface area contributed by atoms with Crippen LogP contribution in [0.15, 0.2) is 28.6 Å². The summed E-state index contributed by atoms with van der Waals surface area (Å²) in [6.07, 6.45) is 1.29. The molecule has 7 nitrogen and oxygen atoms in total. The third-order valence-electron chi connectivity index (χ3n) is 4.32. The molecule has 1 N–H and O–H groups in total. The molecule has 28 heavy (non-hydrogen) atoms. The van der Waals surface area contributed by atoms with E-state index in [0.29, 0.717) is 35.1 Å². The van der Waals surface area contributed by atoms with Gasteiger partial charge in [-0.3, -0.25) is 4.79 Å². The highest BCUT2D eigenvalue weighted by Gasteiger charge is 2.32. The monoisotopic (exact) mass is 460 g/mol. The second kappa shape index (κ2) is 9.53. The van der Waals surface area contributed by atoms with Gasteiger partial charge in [0.25, 0.3) is 0 Å². The Kier molecular flexibility index (Phi) is 7.32. The number of nitrogens with one attached hydrogen (secondary N) is 1. The molecule has 0 bridgehead atoms. The molecule has 1 aliphatic rings. The van der Waals surface area contributed by atoms with Crippen molar-refractivity contribution < 1.29 is 13.2 Å². The number of aromatic nitrogens is 2. The summed E-state index contributed by atoms with van der Waals surface area (Å²) in [7, 11) is -3.51. The lowest BCUT2D eigenvalue weighted by Gasteiger charge is -2.31. The lowest BCUT2D eigenvalue weighted by molar-refractivity contribution is -0.120. The number of carbonyl (C=O) groups is 1.